The standard InChI is InChI=1S/C15H12N4O2S/c1-21-11-7-5-10(6-8-11)14-18-19-15(22-14)17-13(20)12-4-2-3-9-16-12/h2-9H,1H3,(H,17,19,20). The Morgan fingerprint density at radius 2 is 1.95 bits per heavy atom. The molecule has 0 aliphatic heterocycles. The van der Waals surface area contributed by atoms with E-state index in [9.17, 15) is 4.79 Å². The van der Waals surface area contributed by atoms with E-state index >= 15 is 0 Å². The van der Waals surface area contributed by atoms with E-state index in [0.717, 1.165) is 16.3 Å². The summed E-state index contributed by atoms with van der Waals surface area (Å²) in [6, 6.07) is 12.6. The van der Waals surface area contributed by atoms with E-state index in [1.54, 1.807) is 31.5 Å². The summed E-state index contributed by atoms with van der Waals surface area (Å²) in [5.41, 5.74) is 1.25. The van der Waals surface area contributed by atoms with Crippen molar-refractivity contribution in [3.05, 3.63) is 54.4 Å². The number of carbonyl (C=O) groups is 1. The minimum atomic E-state index is -0.307. The second-order valence-electron chi connectivity index (χ2n) is 4.31. The zero-order valence-electron chi connectivity index (χ0n) is 11.7. The molecule has 7 heteroatoms. The number of rotatable bonds is 4. The van der Waals surface area contributed by atoms with Crippen molar-refractivity contribution in [1.29, 1.82) is 0 Å². The highest BCUT2D eigenvalue weighted by molar-refractivity contribution is 7.18. The maximum atomic E-state index is 12.0. The third kappa shape index (κ3) is 3.09. The molecule has 110 valence electrons. The van der Waals surface area contributed by atoms with E-state index in [2.05, 4.69) is 20.5 Å². The number of carbonyl (C=O) groups excluding carboxylic acids is 1. The van der Waals surface area contributed by atoms with E-state index in [4.69, 9.17) is 4.74 Å². The van der Waals surface area contributed by atoms with Gasteiger partial charge in [0.05, 0.1) is 7.11 Å². The lowest BCUT2D eigenvalue weighted by atomic mass is 10.2. The van der Waals surface area contributed by atoms with Crippen LogP contribution in [0.1, 0.15) is 10.5 Å². The predicted molar refractivity (Wildman–Crippen MR) is 84.1 cm³/mol. The molecule has 0 unspecified atom stereocenters. The van der Waals surface area contributed by atoms with Crippen molar-refractivity contribution >= 4 is 22.4 Å². The van der Waals surface area contributed by atoms with Gasteiger partial charge in [-0.1, -0.05) is 17.4 Å². The average molecular weight is 312 g/mol. The van der Waals surface area contributed by atoms with Crippen LogP contribution in [-0.4, -0.2) is 28.2 Å². The molecule has 1 N–H and O–H groups in total. The lowest BCUT2D eigenvalue weighted by Crippen LogP contribution is -2.13. The summed E-state index contributed by atoms with van der Waals surface area (Å²) < 4.78 is 5.12. The number of amides is 1. The molecule has 6 nitrogen and oxygen atoms in total. The number of hydrogen-bond acceptors (Lipinski definition) is 6. The van der Waals surface area contributed by atoms with E-state index in [1.807, 2.05) is 24.3 Å². The van der Waals surface area contributed by atoms with Crippen LogP contribution in [0.4, 0.5) is 5.13 Å². The molecule has 22 heavy (non-hydrogen) atoms. The van der Waals surface area contributed by atoms with Crippen molar-refractivity contribution in [2.75, 3.05) is 12.4 Å². The second kappa shape index (κ2) is 6.31. The van der Waals surface area contributed by atoms with Gasteiger partial charge >= 0.3 is 0 Å². The molecule has 1 aromatic carbocycles. The molecule has 0 aliphatic rings. The van der Waals surface area contributed by atoms with Gasteiger partial charge in [-0.05, 0) is 36.4 Å². The Kier molecular flexibility index (Phi) is 4.06. The van der Waals surface area contributed by atoms with Gasteiger partial charge < -0.3 is 4.74 Å². The van der Waals surface area contributed by atoms with Crippen LogP contribution in [0.25, 0.3) is 10.6 Å². The van der Waals surface area contributed by atoms with Crippen LogP contribution in [0.3, 0.4) is 0 Å². The number of hydrogen-bond donors (Lipinski definition) is 1. The number of ether oxygens (including phenoxy) is 1. The highest BCUT2D eigenvalue weighted by Crippen LogP contribution is 2.27. The van der Waals surface area contributed by atoms with Gasteiger partial charge in [0.15, 0.2) is 0 Å². The number of anilines is 1. The van der Waals surface area contributed by atoms with Gasteiger partial charge in [0, 0.05) is 11.8 Å². The fourth-order valence-electron chi connectivity index (χ4n) is 1.78. The van der Waals surface area contributed by atoms with E-state index in [-0.39, 0.29) is 5.91 Å². The number of nitrogens with one attached hydrogen (secondary N) is 1. The molecule has 0 spiro atoms. The Labute approximate surface area is 130 Å². The van der Waals surface area contributed by atoms with Gasteiger partial charge in [-0.3, -0.25) is 15.1 Å². The Morgan fingerprint density at radius 1 is 1.14 bits per heavy atom. The summed E-state index contributed by atoms with van der Waals surface area (Å²) in [6.45, 7) is 0. The number of nitrogens with zero attached hydrogens (tertiary/aromatic N) is 3. The van der Waals surface area contributed by atoms with Crippen molar-refractivity contribution in [2.45, 2.75) is 0 Å². The van der Waals surface area contributed by atoms with E-state index in [1.165, 1.54) is 11.3 Å². The van der Waals surface area contributed by atoms with Gasteiger partial charge in [-0.25, -0.2) is 0 Å². The SMILES string of the molecule is COc1ccc(-c2nnc(NC(=O)c3ccccn3)s2)cc1. The van der Waals surface area contributed by atoms with Crippen LogP contribution in [0.2, 0.25) is 0 Å². The van der Waals surface area contributed by atoms with Crippen LogP contribution in [0.15, 0.2) is 48.7 Å². The molecule has 2 aromatic heterocycles. The molecule has 0 saturated carbocycles. The number of aromatic nitrogens is 3. The molecule has 0 radical (unpaired) electrons. The van der Waals surface area contributed by atoms with Crippen LogP contribution in [0.5, 0.6) is 5.75 Å². The minimum Gasteiger partial charge on any atom is -0.497 e. The van der Waals surface area contributed by atoms with Crippen LogP contribution in [-0.2, 0) is 0 Å². The monoisotopic (exact) mass is 312 g/mol. The Balaban J connectivity index is 1.74. The molecule has 0 atom stereocenters. The summed E-state index contributed by atoms with van der Waals surface area (Å²) >= 11 is 1.30. The first-order valence-electron chi connectivity index (χ1n) is 6.46. The van der Waals surface area contributed by atoms with E-state index < -0.39 is 0 Å². The van der Waals surface area contributed by atoms with Gasteiger partial charge in [0.2, 0.25) is 5.13 Å². The van der Waals surface area contributed by atoms with Gasteiger partial charge in [-0.15, -0.1) is 10.2 Å². The number of pyridine rings is 1. The Hall–Kier alpha value is -2.80. The van der Waals surface area contributed by atoms with Crippen LogP contribution < -0.4 is 10.1 Å². The average Bonchev–Trinajstić information content (AvgIpc) is 3.04. The molecular formula is C15H12N4O2S. The van der Waals surface area contributed by atoms with Gasteiger partial charge in [0.25, 0.3) is 5.91 Å². The fourth-order valence-corrected chi connectivity index (χ4v) is 2.53. The molecule has 1 amide bonds. The summed E-state index contributed by atoms with van der Waals surface area (Å²) in [5, 5.41) is 11.9. The van der Waals surface area contributed by atoms with Crippen molar-refractivity contribution < 1.29 is 9.53 Å². The smallest absolute Gasteiger partial charge is 0.276 e. The van der Waals surface area contributed by atoms with Crippen molar-refractivity contribution in [3.63, 3.8) is 0 Å². The molecule has 3 rings (SSSR count). The summed E-state index contributed by atoms with van der Waals surface area (Å²) in [4.78, 5) is 16.0. The zero-order chi connectivity index (χ0) is 15.4. The predicted octanol–water partition coefficient (Wildman–Crippen LogP) is 2.86. The molecule has 2 heterocycles. The minimum absolute atomic E-state index is 0.307. The Bertz CT molecular complexity index is 772. The summed E-state index contributed by atoms with van der Waals surface area (Å²) in [7, 11) is 1.62. The molecule has 0 saturated heterocycles. The lowest BCUT2D eigenvalue weighted by Gasteiger charge is -2.00. The zero-order valence-corrected chi connectivity index (χ0v) is 12.5. The molecule has 0 aliphatic carbocycles. The summed E-state index contributed by atoms with van der Waals surface area (Å²) in [5.74, 6) is 0.468. The third-order valence-corrected chi connectivity index (χ3v) is 3.77. The fraction of sp³-hybridized carbons (Fsp3) is 0.0667. The second-order valence-corrected chi connectivity index (χ2v) is 5.29. The van der Waals surface area contributed by atoms with Crippen LogP contribution in [0, 0.1) is 0 Å². The number of methoxy groups -OCH3 is 1. The highest BCUT2D eigenvalue weighted by Gasteiger charge is 2.11. The molecule has 0 bridgehead atoms. The normalized spacial score (nSPS) is 10.2. The quantitative estimate of drug-likeness (QED) is 0.801. The van der Waals surface area contributed by atoms with E-state index in [0.29, 0.717) is 10.8 Å². The Morgan fingerprint density at radius 3 is 2.64 bits per heavy atom. The third-order valence-electron chi connectivity index (χ3n) is 2.88. The maximum absolute atomic E-state index is 12.0. The first-order chi connectivity index (χ1) is 10.8. The first-order valence-corrected chi connectivity index (χ1v) is 7.28. The molecular weight excluding hydrogens is 300 g/mol. The lowest BCUT2D eigenvalue weighted by molar-refractivity contribution is 0.102. The van der Waals surface area contributed by atoms with Gasteiger partial charge in [-0.2, -0.15) is 0 Å². The largest absolute Gasteiger partial charge is 0.497 e. The molecule has 0 fully saturated rings. The van der Waals surface area contributed by atoms with Crippen molar-refractivity contribution in [3.8, 4) is 16.3 Å². The number of benzene rings is 1. The molecule has 3 aromatic rings. The maximum Gasteiger partial charge on any atom is 0.276 e. The topological polar surface area (TPSA) is 77.0 Å². The van der Waals surface area contributed by atoms with Crippen molar-refractivity contribution in [2.24, 2.45) is 0 Å². The van der Waals surface area contributed by atoms with Gasteiger partial charge in [0.1, 0.15) is 16.5 Å². The first kappa shape index (κ1) is 14.2. The van der Waals surface area contributed by atoms with Crippen molar-refractivity contribution in [1.82, 2.24) is 15.2 Å². The summed E-state index contributed by atoms with van der Waals surface area (Å²) in [6.07, 6.45) is 1.57. The highest BCUT2D eigenvalue weighted by atomic mass is 32.1. The van der Waals surface area contributed by atoms with Crippen LogP contribution >= 0.6 is 11.3 Å².